The van der Waals surface area contributed by atoms with Gasteiger partial charge in [-0.15, -0.1) is 0 Å². The van der Waals surface area contributed by atoms with Crippen LogP contribution in [0, 0.1) is 0 Å². The van der Waals surface area contributed by atoms with Gasteiger partial charge in [-0.25, -0.2) is 4.79 Å². The molecule has 0 aromatic rings. The molecule has 16 heteroatoms. The van der Waals surface area contributed by atoms with E-state index in [0.29, 0.717) is 0 Å². The Bertz CT molecular complexity index is 709. The summed E-state index contributed by atoms with van der Waals surface area (Å²) in [5.74, 6) is 0. The number of nitrogens with one attached hydrogen (secondary N) is 1. The highest BCUT2D eigenvalue weighted by Crippen LogP contribution is 2.31. The van der Waals surface area contributed by atoms with Crippen molar-refractivity contribution in [2.45, 2.75) is 98.4 Å². The first-order valence-electron chi connectivity index (χ1n) is 11.5. The maximum absolute atomic E-state index is 11.6. The number of hydrogen-bond donors (Lipinski definition) is 11. The normalized spacial score (nSPS) is 48.9. The van der Waals surface area contributed by atoms with Gasteiger partial charge in [-0.2, -0.15) is 0 Å². The molecule has 1 aliphatic carbocycles. The fraction of sp³-hybridized carbons (Fsp3) is 0.947. The van der Waals surface area contributed by atoms with Crippen LogP contribution in [0.5, 0.6) is 0 Å². The van der Waals surface area contributed by atoms with E-state index in [2.05, 4.69) is 5.32 Å². The summed E-state index contributed by atoms with van der Waals surface area (Å²) in [4.78, 5) is 11.6. The zero-order valence-electron chi connectivity index (χ0n) is 19.1. The van der Waals surface area contributed by atoms with Crippen LogP contribution in [0.2, 0.25) is 0 Å². The Morgan fingerprint density at radius 3 is 2.11 bits per heavy atom. The predicted octanol–water partition coefficient (Wildman–Crippen LogP) is -6.59. The van der Waals surface area contributed by atoms with Crippen LogP contribution in [0.3, 0.4) is 0 Å². The van der Waals surface area contributed by atoms with E-state index in [9.17, 15) is 30.3 Å². The van der Waals surface area contributed by atoms with E-state index in [4.69, 9.17) is 47.6 Å². The van der Waals surface area contributed by atoms with E-state index in [0.717, 1.165) is 0 Å². The zero-order chi connectivity index (χ0) is 26.0. The molecule has 204 valence electrons. The highest BCUT2D eigenvalue weighted by atomic mass is 16.7. The lowest BCUT2D eigenvalue weighted by Crippen LogP contribution is -2.69. The van der Waals surface area contributed by atoms with Crippen LogP contribution < -0.4 is 34.0 Å². The highest BCUT2D eigenvalue weighted by Gasteiger charge is 2.51. The largest absolute Gasteiger partial charge is 0.394 e. The second-order valence-corrected chi connectivity index (χ2v) is 9.24. The number of amides is 2. The molecule has 0 unspecified atom stereocenters. The Labute approximate surface area is 201 Å². The number of aliphatic hydroxyl groups excluding tert-OH is 5. The molecule has 0 aromatic heterocycles. The van der Waals surface area contributed by atoms with E-state index in [1.54, 1.807) is 0 Å². The molecule has 2 amide bonds. The van der Waals surface area contributed by atoms with Crippen LogP contribution in [-0.2, 0) is 18.9 Å². The summed E-state index contributed by atoms with van der Waals surface area (Å²) in [5, 5.41) is 53.6. The van der Waals surface area contributed by atoms with Crippen molar-refractivity contribution in [1.29, 1.82) is 0 Å². The molecule has 2 aliphatic heterocycles. The molecule has 3 fully saturated rings. The van der Waals surface area contributed by atoms with Gasteiger partial charge in [0.2, 0.25) is 0 Å². The Morgan fingerprint density at radius 2 is 1.51 bits per heavy atom. The molecule has 2 saturated heterocycles. The third-order valence-electron chi connectivity index (χ3n) is 6.70. The summed E-state index contributed by atoms with van der Waals surface area (Å²) in [6.45, 7) is -0.599. The van der Waals surface area contributed by atoms with E-state index >= 15 is 0 Å². The van der Waals surface area contributed by atoms with Crippen molar-refractivity contribution in [2.75, 3.05) is 13.2 Å². The summed E-state index contributed by atoms with van der Waals surface area (Å²) in [6, 6.07) is -4.64. The number of aliphatic hydroxyl groups is 5. The van der Waals surface area contributed by atoms with Gasteiger partial charge in [0.15, 0.2) is 12.6 Å². The van der Waals surface area contributed by atoms with Gasteiger partial charge in [-0.3, -0.25) is 0 Å². The smallest absolute Gasteiger partial charge is 0.312 e. The Morgan fingerprint density at radius 1 is 0.886 bits per heavy atom. The van der Waals surface area contributed by atoms with Crippen LogP contribution >= 0.6 is 0 Å². The number of hydrogen-bond acceptors (Lipinski definition) is 14. The van der Waals surface area contributed by atoms with Gasteiger partial charge >= 0.3 is 6.03 Å². The van der Waals surface area contributed by atoms with Gasteiger partial charge in [0.25, 0.3) is 0 Å². The maximum Gasteiger partial charge on any atom is 0.312 e. The number of primary amides is 1. The molecule has 0 bridgehead atoms. The topological polar surface area (TPSA) is 297 Å². The third-order valence-corrected chi connectivity index (χ3v) is 6.70. The lowest BCUT2D eigenvalue weighted by molar-refractivity contribution is -0.315. The first kappa shape index (κ1) is 28.3. The van der Waals surface area contributed by atoms with E-state index in [1.165, 1.54) is 0 Å². The van der Waals surface area contributed by atoms with Crippen LogP contribution in [0.25, 0.3) is 0 Å². The van der Waals surface area contributed by atoms with Crippen molar-refractivity contribution in [1.82, 2.24) is 5.32 Å². The van der Waals surface area contributed by atoms with Gasteiger partial charge in [-0.1, -0.05) is 0 Å². The number of urea groups is 1. The lowest BCUT2D eigenvalue weighted by atomic mass is 9.83. The number of carbonyl (C=O) groups excluding carboxylic acids is 1. The molecule has 1 saturated carbocycles. The second-order valence-electron chi connectivity index (χ2n) is 9.24. The fourth-order valence-corrected chi connectivity index (χ4v) is 4.71. The minimum atomic E-state index is -1.51. The molecular weight excluding hydrogens is 472 g/mol. The van der Waals surface area contributed by atoms with Crippen molar-refractivity contribution in [3.8, 4) is 0 Å². The molecule has 35 heavy (non-hydrogen) atoms. The first-order valence-corrected chi connectivity index (χ1v) is 11.5. The van der Waals surface area contributed by atoms with Gasteiger partial charge in [0.1, 0.15) is 36.6 Å². The van der Waals surface area contributed by atoms with Crippen molar-refractivity contribution in [3.63, 3.8) is 0 Å². The van der Waals surface area contributed by atoms with Crippen LogP contribution in [0.4, 0.5) is 4.79 Å². The summed E-state index contributed by atoms with van der Waals surface area (Å²) in [7, 11) is 0. The van der Waals surface area contributed by atoms with Crippen molar-refractivity contribution >= 4 is 6.03 Å². The molecule has 0 aromatic carbocycles. The number of ether oxygens (including phenoxy) is 4. The molecule has 3 aliphatic rings. The molecular formula is C19H38N6O10. The van der Waals surface area contributed by atoms with Crippen molar-refractivity contribution < 1.29 is 49.3 Å². The SMILES string of the molecule is NC[C@@H]1O[C@H](O[C@H]2[C@H](O)[C@H](O[C@H]3O[C@@H](CO)[C@@H](O)[C@H](N)[C@H]3O)[C@H](N)C[C@H]2NC(N)=O)[C@H](N)C[C@@H]1O. The molecule has 0 radical (unpaired) electrons. The fourth-order valence-electron chi connectivity index (χ4n) is 4.71. The quantitative estimate of drug-likeness (QED) is 0.152. The zero-order valence-corrected chi connectivity index (χ0v) is 19.1. The van der Waals surface area contributed by atoms with Gasteiger partial charge in [0.05, 0.1) is 36.9 Å². The maximum atomic E-state index is 11.6. The van der Waals surface area contributed by atoms with Gasteiger partial charge in [0, 0.05) is 12.6 Å². The minimum Gasteiger partial charge on any atom is -0.394 e. The van der Waals surface area contributed by atoms with E-state index < -0.39 is 98.2 Å². The standard InChI is InChI=1S/C19H38N6O10/c20-3-9-8(27)2-6(22)17(32-9)35-16-7(25-19(24)31)1-5(21)15(14(16)30)34-18-13(29)11(23)12(28)10(4-26)33-18/h5-18,26-30H,1-4,20-23H2,(H3,24,25,31)/t5-,6-,7-,8+,9+,10+,11+,12-,13-,14-,15-,16-,17-,18-/m1/s1. The summed E-state index contributed by atoms with van der Waals surface area (Å²) in [5.41, 5.74) is 29.0. The Hall–Kier alpha value is -1.25. The summed E-state index contributed by atoms with van der Waals surface area (Å²) < 4.78 is 22.8. The average Bonchev–Trinajstić information content (AvgIpc) is 2.79. The van der Waals surface area contributed by atoms with E-state index in [1.807, 2.05) is 0 Å². The van der Waals surface area contributed by atoms with Crippen LogP contribution in [0.15, 0.2) is 0 Å². The molecule has 16 nitrogen and oxygen atoms in total. The van der Waals surface area contributed by atoms with Gasteiger partial charge < -0.3 is 78.5 Å². The molecule has 2 heterocycles. The molecule has 14 atom stereocenters. The monoisotopic (exact) mass is 510 g/mol. The average molecular weight is 511 g/mol. The van der Waals surface area contributed by atoms with Crippen molar-refractivity contribution in [3.05, 3.63) is 0 Å². The minimum absolute atomic E-state index is 0.00439. The third kappa shape index (κ3) is 6.19. The van der Waals surface area contributed by atoms with Crippen LogP contribution in [0.1, 0.15) is 12.8 Å². The van der Waals surface area contributed by atoms with Crippen molar-refractivity contribution in [2.24, 2.45) is 28.7 Å². The lowest BCUT2D eigenvalue weighted by Gasteiger charge is -2.48. The number of nitrogens with two attached hydrogens (primary N) is 5. The molecule has 0 spiro atoms. The predicted molar refractivity (Wildman–Crippen MR) is 117 cm³/mol. The summed E-state index contributed by atoms with van der Waals surface area (Å²) in [6.07, 6.45) is -12.0. The summed E-state index contributed by atoms with van der Waals surface area (Å²) >= 11 is 0. The second kappa shape index (κ2) is 11.9. The highest BCUT2D eigenvalue weighted by molar-refractivity contribution is 5.72. The molecule has 16 N–H and O–H groups in total. The van der Waals surface area contributed by atoms with Crippen LogP contribution in [-0.4, -0.2) is 130 Å². The number of rotatable bonds is 7. The first-order chi connectivity index (χ1) is 16.5. The van der Waals surface area contributed by atoms with E-state index in [-0.39, 0.29) is 19.4 Å². The molecule has 3 rings (SSSR count). The van der Waals surface area contributed by atoms with Gasteiger partial charge in [-0.05, 0) is 12.8 Å². The Kier molecular flexibility index (Phi) is 9.60. The number of carbonyl (C=O) groups is 1. The Balaban J connectivity index is 1.78.